The highest BCUT2D eigenvalue weighted by molar-refractivity contribution is 5.76. The molecule has 6 nitrogen and oxygen atoms in total. The molecule has 1 N–H and O–H groups in total. The largest absolute Gasteiger partial charge is 0.497 e. The van der Waals surface area contributed by atoms with E-state index in [9.17, 15) is 4.79 Å². The first-order valence-electron chi connectivity index (χ1n) is 11.6. The van der Waals surface area contributed by atoms with Gasteiger partial charge in [-0.1, -0.05) is 26.0 Å². The van der Waals surface area contributed by atoms with Crippen LogP contribution in [0.4, 0.5) is 0 Å². The van der Waals surface area contributed by atoms with Gasteiger partial charge in [0.1, 0.15) is 5.75 Å². The molecule has 1 amide bonds. The molecule has 2 aromatic rings. The van der Waals surface area contributed by atoms with Crippen molar-refractivity contribution in [3.05, 3.63) is 46.8 Å². The minimum atomic E-state index is 0.105. The standard InChI is InChI=1S/C25H38N4O2/c1-18(2)17-29-20(4)23(19(3)27-29)12-13-25(30)26-16-24(28-14-6-7-15-28)21-8-10-22(31-5)11-9-21/h8-11,18,24H,6-7,12-17H2,1-5H3,(H,26,30). The fourth-order valence-corrected chi connectivity index (χ4v) is 4.49. The number of amides is 1. The van der Waals surface area contributed by atoms with E-state index in [0.29, 0.717) is 18.9 Å². The van der Waals surface area contributed by atoms with Crippen molar-refractivity contribution >= 4 is 5.91 Å². The number of benzene rings is 1. The van der Waals surface area contributed by atoms with E-state index in [0.717, 1.165) is 37.5 Å². The lowest BCUT2D eigenvalue weighted by Gasteiger charge is -2.28. The van der Waals surface area contributed by atoms with Crippen LogP contribution >= 0.6 is 0 Å². The number of carbonyl (C=O) groups is 1. The molecule has 3 rings (SSSR count). The Balaban J connectivity index is 1.59. The van der Waals surface area contributed by atoms with Gasteiger partial charge in [0.2, 0.25) is 5.91 Å². The smallest absolute Gasteiger partial charge is 0.220 e. The van der Waals surface area contributed by atoms with Gasteiger partial charge in [-0.15, -0.1) is 0 Å². The molecule has 1 unspecified atom stereocenters. The number of carbonyl (C=O) groups excluding carboxylic acids is 1. The SMILES string of the molecule is COc1ccc(C(CNC(=O)CCc2c(C)nn(CC(C)C)c2C)N2CCCC2)cc1. The zero-order valence-corrected chi connectivity index (χ0v) is 19.8. The highest BCUT2D eigenvalue weighted by Crippen LogP contribution is 2.26. The Hall–Kier alpha value is -2.34. The van der Waals surface area contributed by atoms with Crippen LogP contribution in [-0.4, -0.2) is 47.3 Å². The minimum absolute atomic E-state index is 0.105. The second-order valence-electron chi connectivity index (χ2n) is 9.06. The summed E-state index contributed by atoms with van der Waals surface area (Å²) in [7, 11) is 1.68. The number of rotatable bonds is 10. The van der Waals surface area contributed by atoms with Crippen LogP contribution in [0.2, 0.25) is 0 Å². The minimum Gasteiger partial charge on any atom is -0.497 e. The first kappa shape index (κ1) is 23.3. The van der Waals surface area contributed by atoms with Crippen LogP contribution in [0.1, 0.15) is 61.7 Å². The monoisotopic (exact) mass is 426 g/mol. The Bertz CT molecular complexity index is 851. The second kappa shape index (κ2) is 10.8. The topological polar surface area (TPSA) is 59.4 Å². The average molecular weight is 427 g/mol. The summed E-state index contributed by atoms with van der Waals surface area (Å²) < 4.78 is 7.38. The molecule has 1 aromatic heterocycles. The van der Waals surface area contributed by atoms with Gasteiger partial charge >= 0.3 is 0 Å². The number of aromatic nitrogens is 2. The molecule has 1 aromatic carbocycles. The zero-order valence-electron chi connectivity index (χ0n) is 19.8. The average Bonchev–Trinajstić information content (AvgIpc) is 3.36. The lowest BCUT2D eigenvalue weighted by atomic mass is 10.0. The van der Waals surface area contributed by atoms with Gasteiger partial charge in [0.15, 0.2) is 0 Å². The Morgan fingerprint density at radius 1 is 1.16 bits per heavy atom. The molecule has 1 aliphatic rings. The molecule has 0 radical (unpaired) electrons. The number of nitrogens with zero attached hydrogens (tertiary/aromatic N) is 3. The Morgan fingerprint density at radius 2 is 1.84 bits per heavy atom. The third kappa shape index (κ3) is 6.10. The number of likely N-dealkylation sites (tertiary alicyclic amines) is 1. The maximum Gasteiger partial charge on any atom is 0.220 e. The first-order valence-corrected chi connectivity index (χ1v) is 11.6. The molecule has 0 aliphatic carbocycles. The van der Waals surface area contributed by atoms with Crippen molar-refractivity contribution in [1.29, 1.82) is 0 Å². The van der Waals surface area contributed by atoms with Crippen molar-refractivity contribution in [3.63, 3.8) is 0 Å². The summed E-state index contributed by atoms with van der Waals surface area (Å²) in [6, 6.07) is 8.43. The summed E-state index contributed by atoms with van der Waals surface area (Å²) >= 11 is 0. The predicted molar refractivity (Wildman–Crippen MR) is 124 cm³/mol. The van der Waals surface area contributed by atoms with Gasteiger partial charge in [0, 0.05) is 25.2 Å². The summed E-state index contributed by atoms with van der Waals surface area (Å²) in [6.45, 7) is 12.3. The van der Waals surface area contributed by atoms with E-state index >= 15 is 0 Å². The number of hydrogen-bond acceptors (Lipinski definition) is 4. The summed E-state index contributed by atoms with van der Waals surface area (Å²) in [5, 5.41) is 7.87. The fraction of sp³-hybridized carbons (Fsp3) is 0.600. The lowest BCUT2D eigenvalue weighted by molar-refractivity contribution is -0.121. The molecule has 0 spiro atoms. The van der Waals surface area contributed by atoms with Gasteiger partial charge in [-0.3, -0.25) is 14.4 Å². The van der Waals surface area contributed by atoms with Crippen LogP contribution in [0.5, 0.6) is 5.75 Å². The van der Waals surface area contributed by atoms with Gasteiger partial charge in [-0.2, -0.15) is 5.10 Å². The van der Waals surface area contributed by atoms with Crippen molar-refractivity contribution in [3.8, 4) is 5.75 Å². The Kier molecular flexibility index (Phi) is 8.13. The van der Waals surface area contributed by atoms with Crippen molar-refractivity contribution < 1.29 is 9.53 Å². The highest BCUT2D eigenvalue weighted by atomic mass is 16.5. The number of nitrogens with one attached hydrogen (secondary N) is 1. The van der Waals surface area contributed by atoms with Crippen molar-refractivity contribution in [2.75, 3.05) is 26.7 Å². The lowest BCUT2D eigenvalue weighted by Crippen LogP contribution is -2.36. The summed E-state index contributed by atoms with van der Waals surface area (Å²) in [5.74, 6) is 1.51. The normalized spacial score (nSPS) is 15.4. The third-order valence-corrected chi connectivity index (χ3v) is 6.25. The fourth-order valence-electron chi connectivity index (χ4n) is 4.49. The van der Waals surface area contributed by atoms with E-state index in [-0.39, 0.29) is 11.9 Å². The van der Waals surface area contributed by atoms with Crippen LogP contribution in [0.3, 0.4) is 0 Å². The molecular formula is C25H38N4O2. The third-order valence-electron chi connectivity index (χ3n) is 6.25. The first-order chi connectivity index (χ1) is 14.9. The maximum absolute atomic E-state index is 12.7. The van der Waals surface area contributed by atoms with E-state index in [4.69, 9.17) is 4.74 Å². The molecule has 1 aliphatic heterocycles. The molecule has 1 fully saturated rings. The Morgan fingerprint density at radius 3 is 2.45 bits per heavy atom. The zero-order chi connectivity index (χ0) is 22.4. The van der Waals surface area contributed by atoms with Crippen LogP contribution in [0, 0.1) is 19.8 Å². The van der Waals surface area contributed by atoms with Crippen molar-refractivity contribution in [2.45, 2.75) is 66.0 Å². The Labute approximate surface area is 187 Å². The van der Waals surface area contributed by atoms with Gasteiger partial charge in [-0.05, 0) is 75.4 Å². The van der Waals surface area contributed by atoms with E-state index in [1.807, 2.05) is 19.1 Å². The number of ether oxygens (including phenoxy) is 1. The number of methoxy groups -OCH3 is 1. The highest BCUT2D eigenvalue weighted by Gasteiger charge is 2.24. The van der Waals surface area contributed by atoms with Gasteiger partial charge in [0.25, 0.3) is 0 Å². The van der Waals surface area contributed by atoms with Crippen LogP contribution in [-0.2, 0) is 17.8 Å². The van der Waals surface area contributed by atoms with Crippen molar-refractivity contribution in [2.24, 2.45) is 5.92 Å². The van der Waals surface area contributed by atoms with Gasteiger partial charge in [0.05, 0.1) is 18.8 Å². The molecule has 1 saturated heterocycles. The summed E-state index contributed by atoms with van der Waals surface area (Å²) in [4.78, 5) is 15.2. The van der Waals surface area contributed by atoms with E-state index < -0.39 is 0 Å². The summed E-state index contributed by atoms with van der Waals surface area (Å²) in [5.41, 5.74) is 4.66. The van der Waals surface area contributed by atoms with E-state index in [1.54, 1.807) is 7.11 Å². The maximum atomic E-state index is 12.7. The predicted octanol–water partition coefficient (Wildman–Crippen LogP) is 4.05. The van der Waals surface area contributed by atoms with E-state index in [2.05, 4.69) is 52.9 Å². The molecule has 170 valence electrons. The van der Waals surface area contributed by atoms with Crippen LogP contribution in [0.15, 0.2) is 24.3 Å². The molecule has 2 heterocycles. The molecule has 6 heteroatoms. The molecule has 0 bridgehead atoms. The van der Waals surface area contributed by atoms with Crippen LogP contribution in [0.25, 0.3) is 0 Å². The number of hydrogen-bond donors (Lipinski definition) is 1. The molecule has 0 saturated carbocycles. The molecular weight excluding hydrogens is 388 g/mol. The van der Waals surface area contributed by atoms with E-state index in [1.165, 1.54) is 29.7 Å². The summed E-state index contributed by atoms with van der Waals surface area (Å²) in [6.07, 6.45) is 3.67. The quantitative estimate of drug-likeness (QED) is 0.623. The molecule has 31 heavy (non-hydrogen) atoms. The molecule has 1 atom stereocenters. The second-order valence-corrected chi connectivity index (χ2v) is 9.06. The van der Waals surface area contributed by atoms with Gasteiger partial charge in [-0.25, -0.2) is 0 Å². The van der Waals surface area contributed by atoms with Crippen LogP contribution < -0.4 is 10.1 Å². The van der Waals surface area contributed by atoms with Gasteiger partial charge < -0.3 is 10.1 Å². The number of aryl methyl sites for hydroxylation is 1. The van der Waals surface area contributed by atoms with Crippen molar-refractivity contribution in [1.82, 2.24) is 20.0 Å².